The first-order valence-electron chi connectivity index (χ1n) is 9.58. The molecule has 4 nitrogen and oxygen atoms in total. The number of carbonyl (C=O) groups is 2. The number of hydrogen-bond donors (Lipinski definition) is 0. The van der Waals surface area contributed by atoms with Gasteiger partial charge in [0.15, 0.2) is 0 Å². The minimum atomic E-state index is -0.414. The zero-order valence-corrected chi connectivity index (χ0v) is 16.8. The SMILES string of the molecule is CC(C)COC(=O)C1CC=CCC1C(=O)OCCC(C)CC(C)(C)C. The second-order valence-electron chi connectivity index (χ2n) is 9.01. The third kappa shape index (κ3) is 8.55. The van der Waals surface area contributed by atoms with Crippen LogP contribution in [-0.2, 0) is 19.1 Å². The highest BCUT2D eigenvalue weighted by atomic mass is 16.5. The number of esters is 2. The molecule has 1 aliphatic carbocycles. The van der Waals surface area contributed by atoms with Gasteiger partial charge >= 0.3 is 11.9 Å². The monoisotopic (exact) mass is 352 g/mol. The van der Waals surface area contributed by atoms with E-state index in [4.69, 9.17) is 9.47 Å². The molecule has 0 heterocycles. The van der Waals surface area contributed by atoms with Crippen LogP contribution in [0.15, 0.2) is 12.2 Å². The quantitative estimate of drug-likeness (QED) is 0.466. The molecule has 1 rings (SSSR count). The van der Waals surface area contributed by atoms with Crippen molar-refractivity contribution in [2.75, 3.05) is 13.2 Å². The summed E-state index contributed by atoms with van der Waals surface area (Å²) in [6.07, 6.45) is 6.97. The van der Waals surface area contributed by atoms with Crippen molar-refractivity contribution in [2.45, 2.75) is 67.2 Å². The summed E-state index contributed by atoms with van der Waals surface area (Å²) in [5, 5.41) is 0. The van der Waals surface area contributed by atoms with Gasteiger partial charge in [-0.05, 0) is 42.9 Å². The molecule has 0 aromatic rings. The van der Waals surface area contributed by atoms with Gasteiger partial charge in [0.25, 0.3) is 0 Å². The summed E-state index contributed by atoms with van der Waals surface area (Å²) in [5.41, 5.74) is 0.281. The number of allylic oxidation sites excluding steroid dienone is 2. The Hall–Kier alpha value is -1.32. The molecular weight excluding hydrogens is 316 g/mol. The first kappa shape index (κ1) is 21.7. The van der Waals surface area contributed by atoms with Gasteiger partial charge in [0.05, 0.1) is 25.0 Å². The first-order valence-corrected chi connectivity index (χ1v) is 9.58. The van der Waals surface area contributed by atoms with Crippen LogP contribution in [0.25, 0.3) is 0 Å². The maximum atomic E-state index is 12.5. The Morgan fingerprint density at radius 3 is 2.00 bits per heavy atom. The summed E-state index contributed by atoms with van der Waals surface area (Å²) in [6.45, 7) is 13.7. The largest absolute Gasteiger partial charge is 0.465 e. The van der Waals surface area contributed by atoms with Crippen molar-refractivity contribution >= 4 is 11.9 Å². The minimum Gasteiger partial charge on any atom is -0.465 e. The molecule has 0 aliphatic heterocycles. The van der Waals surface area contributed by atoms with Crippen molar-refractivity contribution < 1.29 is 19.1 Å². The van der Waals surface area contributed by atoms with Gasteiger partial charge in [-0.15, -0.1) is 0 Å². The third-order valence-electron chi connectivity index (χ3n) is 4.41. The molecule has 25 heavy (non-hydrogen) atoms. The van der Waals surface area contributed by atoms with Crippen molar-refractivity contribution in [1.82, 2.24) is 0 Å². The van der Waals surface area contributed by atoms with Gasteiger partial charge in [-0.3, -0.25) is 9.59 Å². The molecule has 0 aromatic heterocycles. The van der Waals surface area contributed by atoms with E-state index >= 15 is 0 Å². The molecule has 0 N–H and O–H groups in total. The molecule has 0 fully saturated rings. The van der Waals surface area contributed by atoms with Crippen molar-refractivity contribution in [3.8, 4) is 0 Å². The van der Waals surface area contributed by atoms with E-state index in [1.54, 1.807) is 0 Å². The Labute approximate surface area is 153 Å². The molecule has 0 bridgehead atoms. The lowest BCUT2D eigenvalue weighted by Crippen LogP contribution is -2.34. The molecule has 3 atom stereocenters. The molecule has 0 aromatic carbocycles. The zero-order chi connectivity index (χ0) is 19.0. The summed E-state index contributed by atoms with van der Waals surface area (Å²) in [5.74, 6) is -0.575. The van der Waals surface area contributed by atoms with Crippen LogP contribution < -0.4 is 0 Å². The highest BCUT2D eigenvalue weighted by molar-refractivity contribution is 5.82. The topological polar surface area (TPSA) is 52.6 Å². The van der Waals surface area contributed by atoms with Crippen molar-refractivity contribution in [3.05, 3.63) is 12.2 Å². The summed E-state index contributed by atoms with van der Waals surface area (Å²) >= 11 is 0. The van der Waals surface area contributed by atoms with Crippen LogP contribution in [0.5, 0.6) is 0 Å². The molecule has 0 radical (unpaired) electrons. The third-order valence-corrected chi connectivity index (χ3v) is 4.41. The lowest BCUT2D eigenvalue weighted by molar-refractivity contribution is -0.161. The molecule has 144 valence electrons. The zero-order valence-electron chi connectivity index (χ0n) is 16.8. The maximum Gasteiger partial charge on any atom is 0.310 e. The summed E-state index contributed by atoms with van der Waals surface area (Å²) in [6, 6.07) is 0. The average molecular weight is 353 g/mol. The van der Waals surface area contributed by atoms with E-state index in [9.17, 15) is 9.59 Å². The second-order valence-corrected chi connectivity index (χ2v) is 9.01. The summed E-state index contributed by atoms with van der Waals surface area (Å²) in [4.78, 5) is 24.7. The molecule has 0 saturated heterocycles. The Balaban J connectivity index is 2.48. The molecule has 4 heteroatoms. The normalized spacial score (nSPS) is 21.9. The lowest BCUT2D eigenvalue weighted by Gasteiger charge is -2.26. The van der Waals surface area contributed by atoms with Crippen LogP contribution in [0, 0.1) is 29.1 Å². The van der Waals surface area contributed by atoms with E-state index in [1.807, 2.05) is 26.0 Å². The minimum absolute atomic E-state index is 0.265. The lowest BCUT2D eigenvalue weighted by atomic mass is 9.83. The summed E-state index contributed by atoms with van der Waals surface area (Å²) < 4.78 is 10.8. The number of rotatable bonds is 8. The standard InChI is InChI=1S/C21H36O4/c1-15(2)14-25-20(23)18-10-8-7-9-17(18)19(22)24-12-11-16(3)13-21(4,5)6/h7-8,15-18H,9-14H2,1-6H3. The van der Waals surface area contributed by atoms with Crippen molar-refractivity contribution in [1.29, 1.82) is 0 Å². The molecule has 0 spiro atoms. The van der Waals surface area contributed by atoms with Gasteiger partial charge in [0.1, 0.15) is 0 Å². The Kier molecular flexibility index (Phi) is 8.67. The Morgan fingerprint density at radius 2 is 1.52 bits per heavy atom. The van der Waals surface area contributed by atoms with Crippen molar-refractivity contribution in [2.24, 2.45) is 29.1 Å². The van der Waals surface area contributed by atoms with Crippen molar-refractivity contribution in [3.63, 3.8) is 0 Å². The van der Waals surface area contributed by atoms with E-state index in [-0.39, 0.29) is 23.3 Å². The predicted octanol–water partition coefficient (Wildman–Crippen LogP) is 4.77. The number of ether oxygens (including phenoxy) is 2. The molecule has 3 unspecified atom stereocenters. The highest BCUT2D eigenvalue weighted by Gasteiger charge is 2.36. The van der Waals surface area contributed by atoms with Crippen LogP contribution >= 0.6 is 0 Å². The van der Waals surface area contributed by atoms with E-state index in [2.05, 4.69) is 27.7 Å². The van der Waals surface area contributed by atoms with Crippen LogP contribution in [0.4, 0.5) is 0 Å². The van der Waals surface area contributed by atoms with Crippen LogP contribution in [0.1, 0.15) is 67.2 Å². The molecule has 0 amide bonds. The van der Waals surface area contributed by atoms with Gasteiger partial charge in [-0.25, -0.2) is 0 Å². The fraction of sp³-hybridized carbons (Fsp3) is 0.810. The number of hydrogen-bond acceptors (Lipinski definition) is 4. The highest BCUT2D eigenvalue weighted by Crippen LogP contribution is 2.29. The Bertz CT molecular complexity index is 459. The average Bonchev–Trinajstić information content (AvgIpc) is 2.50. The van der Waals surface area contributed by atoms with Gasteiger partial charge in [-0.1, -0.05) is 53.7 Å². The first-order chi connectivity index (χ1) is 11.6. The van der Waals surface area contributed by atoms with Gasteiger partial charge in [0, 0.05) is 0 Å². The predicted molar refractivity (Wildman–Crippen MR) is 100.0 cm³/mol. The van der Waals surface area contributed by atoms with E-state index in [0.717, 1.165) is 12.8 Å². The van der Waals surface area contributed by atoms with Crippen LogP contribution in [-0.4, -0.2) is 25.2 Å². The summed E-state index contributed by atoms with van der Waals surface area (Å²) in [7, 11) is 0. The fourth-order valence-electron chi connectivity index (χ4n) is 3.31. The van der Waals surface area contributed by atoms with E-state index in [0.29, 0.717) is 32.0 Å². The Morgan fingerprint density at radius 1 is 1.00 bits per heavy atom. The van der Waals surface area contributed by atoms with E-state index in [1.165, 1.54) is 0 Å². The van der Waals surface area contributed by atoms with Gasteiger partial charge in [-0.2, -0.15) is 0 Å². The van der Waals surface area contributed by atoms with E-state index < -0.39 is 11.8 Å². The molecule has 1 aliphatic rings. The van der Waals surface area contributed by atoms with Crippen LogP contribution in [0.2, 0.25) is 0 Å². The number of carbonyl (C=O) groups excluding carboxylic acids is 2. The van der Waals surface area contributed by atoms with Gasteiger partial charge < -0.3 is 9.47 Å². The molecular formula is C21H36O4. The fourth-order valence-corrected chi connectivity index (χ4v) is 3.31. The smallest absolute Gasteiger partial charge is 0.310 e. The van der Waals surface area contributed by atoms with Crippen LogP contribution in [0.3, 0.4) is 0 Å². The maximum absolute atomic E-state index is 12.5. The van der Waals surface area contributed by atoms with Gasteiger partial charge in [0.2, 0.25) is 0 Å². The molecule has 0 saturated carbocycles. The second kappa shape index (κ2) is 9.98.